The average Bonchev–Trinajstić information content (AvgIpc) is 2.99. The predicted molar refractivity (Wildman–Crippen MR) is 65.7 cm³/mol. The Balaban J connectivity index is 1.83. The van der Waals surface area contributed by atoms with Crippen LogP contribution in [-0.4, -0.2) is 18.2 Å². The van der Waals surface area contributed by atoms with Gasteiger partial charge in [0.2, 0.25) is 0 Å². The molecule has 2 aliphatic rings. The highest BCUT2D eigenvalue weighted by atomic mass is 16.3. The summed E-state index contributed by atoms with van der Waals surface area (Å²) < 4.78 is 0. The first-order chi connectivity index (χ1) is 7.74. The SMILES string of the molecule is CC(O)c1ccc2c(c1)CCN2CC1CC1. The fraction of sp³-hybridized carbons (Fsp3) is 0.571. The molecule has 0 aromatic heterocycles. The first-order valence-electron chi connectivity index (χ1n) is 6.30. The number of hydrogen-bond donors (Lipinski definition) is 1. The molecule has 2 nitrogen and oxygen atoms in total. The minimum Gasteiger partial charge on any atom is -0.389 e. The number of aliphatic hydroxyl groups is 1. The third kappa shape index (κ3) is 1.82. The third-order valence-electron chi connectivity index (χ3n) is 3.75. The number of nitrogens with zero attached hydrogens (tertiary/aromatic N) is 1. The van der Waals surface area contributed by atoms with E-state index in [1.54, 1.807) is 0 Å². The van der Waals surface area contributed by atoms with E-state index in [9.17, 15) is 5.11 Å². The third-order valence-corrected chi connectivity index (χ3v) is 3.75. The van der Waals surface area contributed by atoms with Crippen LogP contribution in [0.4, 0.5) is 5.69 Å². The van der Waals surface area contributed by atoms with E-state index in [0.29, 0.717) is 0 Å². The highest BCUT2D eigenvalue weighted by Gasteiger charge is 2.27. The summed E-state index contributed by atoms with van der Waals surface area (Å²) in [6.07, 6.45) is 3.63. The topological polar surface area (TPSA) is 23.5 Å². The molecule has 1 aromatic carbocycles. The van der Waals surface area contributed by atoms with Gasteiger partial charge in [0.15, 0.2) is 0 Å². The van der Waals surface area contributed by atoms with E-state index >= 15 is 0 Å². The molecular formula is C14H19NO. The molecule has 1 aromatic rings. The molecule has 0 spiro atoms. The van der Waals surface area contributed by atoms with Crippen LogP contribution in [0.25, 0.3) is 0 Å². The first-order valence-corrected chi connectivity index (χ1v) is 6.30. The standard InChI is InChI=1S/C14H19NO/c1-10(16)12-4-5-14-13(8-12)6-7-15(14)9-11-2-3-11/h4-5,8,10-11,16H,2-3,6-7,9H2,1H3. The van der Waals surface area contributed by atoms with Gasteiger partial charge in [0.1, 0.15) is 0 Å². The van der Waals surface area contributed by atoms with Crippen LogP contribution < -0.4 is 4.90 Å². The van der Waals surface area contributed by atoms with Gasteiger partial charge in [-0.2, -0.15) is 0 Å². The minimum atomic E-state index is -0.345. The maximum absolute atomic E-state index is 9.56. The Morgan fingerprint density at radius 1 is 1.44 bits per heavy atom. The minimum absolute atomic E-state index is 0.345. The van der Waals surface area contributed by atoms with Crippen molar-refractivity contribution in [2.45, 2.75) is 32.3 Å². The molecule has 16 heavy (non-hydrogen) atoms. The van der Waals surface area contributed by atoms with Crippen molar-refractivity contribution < 1.29 is 5.11 Å². The van der Waals surface area contributed by atoms with E-state index in [0.717, 1.165) is 24.4 Å². The van der Waals surface area contributed by atoms with Crippen molar-refractivity contribution in [3.8, 4) is 0 Å². The summed E-state index contributed by atoms with van der Waals surface area (Å²) in [6, 6.07) is 6.42. The quantitative estimate of drug-likeness (QED) is 0.841. The lowest BCUT2D eigenvalue weighted by molar-refractivity contribution is 0.199. The molecule has 86 valence electrons. The molecule has 1 saturated carbocycles. The second kappa shape index (κ2) is 3.77. The van der Waals surface area contributed by atoms with Crippen LogP contribution >= 0.6 is 0 Å². The monoisotopic (exact) mass is 217 g/mol. The lowest BCUT2D eigenvalue weighted by Gasteiger charge is -2.19. The molecule has 0 bridgehead atoms. The predicted octanol–water partition coefficient (Wildman–Crippen LogP) is 2.51. The molecule has 1 unspecified atom stereocenters. The molecular weight excluding hydrogens is 198 g/mol. The van der Waals surface area contributed by atoms with Crippen LogP contribution in [0.1, 0.15) is 37.0 Å². The summed E-state index contributed by atoms with van der Waals surface area (Å²) in [4.78, 5) is 2.51. The highest BCUT2D eigenvalue weighted by Crippen LogP contribution is 2.36. The molecule has 2 heteroatoms. The van der Waals surface area contributed by atoms with Gasteiger partial charge in [-0.25, -0.2) is 0 Å². The average molecular weight is 217 g/mol. The lowest BCUT2D eigenvalue weighted by Crippen LogP contribution is -2.22. The molecule has 1 aliphatic carbocycles. The Labute approximate surface area is 96.9 Å². The summed E-state index contributed by atoms with van der Waals surface area (Å²) in [5, 5.41) is 9.56. The van der Waals surface area contributed by atoms with Crippen molar-refractivity contribution in [3.63, 3.8) is 0 Å². The largest absolute Gasteiger partial charge is 0.389 e. The van der Waals surface area contributed by atoms with Gasteiger partial charge in [-0.3, -0.25) is 0 Å². The van der Waals surface area contributed by atoms with Crippen LogP contribution in [0.5, 0.6) is 0 Å². The number of hydrogen-bond acceptors (Lipinski definition) is 2. The Hall–Kier alpha value is -1.02. The molecule has 1 fully saturated rings. The Bertz CT molecular complexity index is 396. The summed E-state index contributed by atoms with van der Waals surface area (Å²) in [7, 11) is 0. The van der Waals surface area contributed by atoms with Gasteiger partial charge in [0.25, 0.3) is 0 Å². The molecule has 0 amide bonds. The van der Waals surface area contributed by atoms with Crippen molar-refractivity contribution in [1.29, 1.82) is 0 Å². The number of benzene rings is 1. The lowest BCUT2D eigenvalue weighted by atomic mass is 10.1. The van der Waals surface area contributed by atoms with E-state index in [1.165, 1.54) is 30.6 Å². The van der Waals surface area contributed by atoms with E-state index in [1.807, 2.05) is 6.92 Å². The van der Waals surface area contributed by atoms with Gasteiger partial charge in [-0.1, -0.05) is 12.1 Å². The smallest absolute Gasteiger partial charge is 0.0762 e. The summed E-state index contributed by atoms with van der Waals surface area (Å²) >= 11 is 0. The Morgan fingerprint density at radius 3 is 2.94 bits per heavy atom. The number of aliphatic hydroxyl groups excluding tert-OH is 1. The maximum atomic E-state index is 9.56. The van der Waals surface area contributed by atoms with Crippen molar-refractivity contribution in [1.82, 2.24) is 0 Å². The summed E-state index contributed by atoms with van der Waals surface area (Å²) in [5.41, 5.74) is 3.86. The van der Waals surface area contributed by atoms with Crippen molar-refractivity contribution in [3.05, 3.63) is 29.3 Å². The van der Waals surface area contributed by atoms with Gasteiger partial charge >= 0.3 is 0 Å². The fourth-order valence-electron chi connectivity index (χ4n) is 2.55. The van der Waals surface area contributed by atoms with E-state index in [2.05, 4.69) is 23.1 Å². The molecule has 3 rings (SSSR count). The number of rotatable bonds is 3. The zero-order valence-corrected chi connectivity index (χ0v) is 9.82. The molecule has 1 atom stereocenters. The van der Waals surface area contributed by atoms with Gasteiger partial charge in [0.05, 0.1) is 6.10 Å². The summed E-state index contributed by atoms with van der Waals surface area (Å²) in [5.74, 6) is 0.947. The van der Waals surface area contributed by atoms with Crippen LogP contribution in [0, 0.1) is 5.92 Å². The second-order valence-corrected chi connectivity index (χ2v) is 5.20. The van der Waals surface area contributed by atoms with Gasteiger partial charge < -0.3 is 10.0 Å². The van der Waals surface area contributed by atoms with Crippen LogP contribution in [0.2, 0.25) is 0 Å². The van der Waals surface area contributed by atoms with E-state index in [4.69, 9.17) is 0 Å². The van der Waals surface area contributed by atoms with Crippen LogP contribution in [0.15, 0.2) is 18.2 Å². The zero-order valence-electron chi connectivity index (χ0n) is 9.82. The second-order valence-electron chi connectivity index (χ2n) is 5.20. The first kappa shape index (κ1) is 10.2. The van der Waals surface area contributed by atoms with Crippen molar-refractivity contribution in [2.75, 3.05) is 18.0 Å². The molecule has 1 aliphatic heterocycles. The number of fused-ring (bicyclic) bond motifs is 1. The zero-order chi connectivity index (χ0) is 11.1. The van der Waals surface area contributed by atoms with Gasteiger partial charge in [0, 0.05) is 18.8 Å². The maximum Gasteiger partial charge on any atom is 0.0762 e. The fourth-order valence-corrected chi connectivity index (χ4v) is 2.55. The van der Waals surface area contributed by atoms with Crippen molar-refractivity contribution >= 4 is 5.69 Å². The molecule has 1 heterocycles. The molecule has 0 saturated heterocycles. The van der Waals surface area contributed by atoms with Gasteiger partial charge in [-0.15, -0.1) is 0 Å². The van der Waals surface area contributed by atoms with E-state index in [-0.39, 0.29) is 6.10 Å². The molecule has 0 radical (unpaired) electrons. The normalized spacial score (nSPS) is 21.0. The Morgan fingerprint density at radius 2 is 2.25 bits per heavy atom. The highest BCUT2D eigenvalue weighted by molar-refractivity contribution is 5.59. The van der Waals surface area contributed by atoms with Crippen LogP contribution in [-0.2, 0) is 6.42 Å². The van der Waals surface area contributed by atoms with Crippen molar-refractivity contribution in [2.24, 2.45) is 5.92 Å². The molecule has 1 N–H and O–H groups in total. The van der Waals surface area contributed by atoms with Crippen LogP contribution in [0.3, 0.4) is 0 Å². The Kier molecular flexibility index (Phi) is 2.40. The van der Waals surface area contributed by atoms with E-state index < -0.39 is 0 Å². The summed E-state index contributed by atoms with van der Waals surface area (Å²) in [6.45, 7) is 4.23. The number of anilines is 1. The van der Waals surface area contributed by atoms with Gasteiger partial charge in [-0.05, 0) is 49.3 Å².